The van der Waals surface area contributed by atoms with E-state index in [1.54, 1.807) is 12.4 Å². The molecule has 34 heavy (non-hydrogen) atoms. The summed E-state index contributed by atoms with van der Waals surface area (Å²) in [7, 11) is 2.19. The molecule has 0 unspecified atom stereocenters. The maximum Gasteiger partial charge on any atom is 0.236 e. The van der Waals surface area contributed by atoms with Gasteiger partial charge in [-0.25, -0.2) is 9.58 Å². The second-order valence-electron chi connectivity index (χ2n) is 9.06. The molecule has 4 aromatic rings. The molecule has 1 saturated heterocycles. The molecule has 5 rings (SSSR count). The van der Waals surface area contributed by atoms with Gasteiger partial charge < -0.3 is 9.47 Å². The third-order valence-corrected chi connectivity index (χ3v) is 6.70. The van der Waals surface area contributed by atoms with Crippen LogP contribution in [-0.4, -0.2) is 66.5 Å². The first-order chi connectivity index (χ1) is 16.6. The minimum Gasteiger partial charge on any atom is -0.491 e. The van der Waals surface area contributed by atoms with Gasteiger partial charge in [0.05, 0.1) is 18.6 Å². The third kappa shape index (κ3) is 4.68. The molecule has 7 heteroatoms. The number of hydrogen-bond donors (Lipinski definition) is 1. The van der Waals surface area contributed by atoms with Crippen LogP contribution in [0.25, 0.3) is 10.9 Å². The zero-order chi connectivity index (χ0) is 23.4. The van der Waals surface area contributed by atoms with Crippen LogP contribution in [0.1, 0.15) is 11.1 Å². The zero-order valence-corrected chi connectivity index (χ0v) is 19.9. The smallest absolute Gasteiger partial charge is 0.236 e. The number of aromatic nitrogens is 3. The van der Waals surface area contributed by atoms with E-state index in [1.165, 1.54) is 11.3 Å². The number of nitrogens with one attached hydrogen (secondary N) is 1. The van der Waals surface area contributed by atoms with E-state index in [-0.39, 0.29) is 0 Å². The largest absolute Gasteiger partial charge is 0.491 e. The van der Waals surface area contributed by atoms with Crippen LogP contribution in [0.3, 0.4) is 0 Å². The molecule has 2 aromatic carbocycles. The Bertz CT molecular complexity index is 1220. The van der Waals surface area contributed by atoms with E-state index < -0.39 is 0 Å². The number of H-pyrrole nitrogens is 1. The summed E-state index contributed by atoms with van der Waals surface area (Å²) < 4.78 is 12.4. The SMILES string of the molecule is Cc1ccc([N+]2(c3[nH]nc4cc(OCCOCc5ccncc5)ccc34)CCN(C)CC2)cc1. The van der Waals surface area contributed by atoms with Crippen molar-refractivity contribution in [1.29, 1.82) is 0 Å². The van der Waals surface area contributed by atoms with Gasteiger partial charge >= 0.3 is 0 Å². The van der Waals surface area contributed by atoms with Gasteiger partial charge in [-0.1, -0.05) is 17.7 Å². The Morgan fingerprint density at radius 3 is 2.50 bits per heavy atom. The first-order valence-corrected chi connectivity index (χ1v) is 11.9. The molecule has 1 fully saturated rings. The normalized spacial score (nSPS) is 16.1. The molecule has 1 aliphatic rings. The molecular weight excluding hydrogens is 426 g/mol. The van der Waals surface area contributed by atoms with E-state index >= 15 is 0 Å². The summed E-state index contributed by atoms with van der Waals surface area (Å²) in [6.45, 7) is 7.78. The number of aromatic amines is 1. The van der Waals surface area contributed by atoms with E-state index in [2.05, 4.69) is 64.4 Å². The lowest BCUT2D eigenvalue weighted by atomic mass is 10.1. The first kappa shape index (κ1) is 22.5. The fraction of sp³-hybridized carbons (Fsp3) is 0.333. The lowest BCUT2D eigenvalue weighted by Gasteiger charge is -2.42. The highest BCUT2D eigenvalue weighted by atomic mass is 16.5. The quantitative estimate of drug-likeness (QED) is 0.312. The number of pyridine rings is 1. The van der Waals surface area contributed by atoms with Crippen molar-refractivity contribution in [1.82, 2.24) is 24.6 Å². The Kier molecular flexibility index (Phi) is 6.58. The molecule has 3 heterocycles. The number of nitrogens with zero attached hydrogens (tertiary/aromatic N) is 4. The molecule has 0 radical (unpaired) electrons. The van der Waals surface area contributed by atoms with Crippen LogP contribution in [0.15, 0.2) is 67.0 Å². The Labute approximate surface area is 200 Å². The fourth-order valence-electron chi connectivity index (χ4n) is 4.63. The van der Waals surface area contributed by atoms with Gasteiger partial charge in [0, 0.05) is 31.5 Å². The summed E-state index contributed by atoms with van der Waals surface area (Å²) in [6.07, 6.45) is 3.55. The Balaban J connectivity index is 1.31. The first-order valence-electron chi connectivity index (χ1n) is 11.9. The van der Waals surface area contributed by atoms with Crippen LogP contribution in [-0.2, 0) is 11.3 Å². The van der Waals surface area contributed by atoms with Crippen molar-refractivity contribution in [3.8, 4) is 5.75 Å². The molecule has 0 saturated carbocycles. The van der Waals surface area contributed by atoms with Gasteiger partial charge in [-0.2, -0.15) is 5.10 Å². The minimum absolute atomic E-state index is 0.490. The number of benzene rings is 2. The number of fused-ring (bicyclic) bond motifs is 1. The van der Waals surface area contributed by atoms with Crippen molar-refractivity contribution in [2.24, 2.45) is 0 Å². The number of aryl methyl sites for hydroxylation is 1. The van der Waals surface area contributed by atoms with Gasteiger partial charge in [-0.3, -0.25) is 9.88 Å². The van der Waals surface area contributed by atoms with Gasteiger partial charge in [-0.05, 0) is 55.9 Å². The standard InChI is InChI=1S/C27H32N5O2/c1-21-3-5-23(6-4-21)32(15-13-31(2)14-16-32)27-25-8-7-24(19-26(25)29-30-27)34-18-17-33-20-22-9-11-28-12-10-22/h3-12,19H,13-18,20H2,1-2H3,(H,29,30)/q+1. The molecule has 0 bridgehead atoms. The van der Waals surface area contributed by atoms with Crippen molar-refractivity contribution >= 4 is 22.4 Å². The summed E-state index contributed by atoms with van der Waals surface area (Å²) in [4.78, 5) is 6.42. The molecule has 0 spiro atoms. The third-order valence-electron chi connectivity index (χ3n) is 6.70. The van der Waals surface area contributed by atoms with Crippen molar-refractivity contribution in [3.05, 3.63) is 78.1 Å². The van der Waals surface area contributed by atoms with E-state index in [9.17, 15) is 0 Å². The Morgan fingerprint density at radius 2 is 1.74 bits per heavy atom. The second kappa shape index (κ2) is 9.93. The van der Waals surface area contributed by atoms with Crippen LogP contribution >= 0.6 is 0 Å². The van der Waals surface area contributed by atoms with Crippen molar-refractivity contribution < 1.29 is 9.47 Å². The molecule has 176 valence electrons. The van der Waals surface area contributed by atoms with Gasteiger partial charge in [-0.15, -0.1) is 0 Å². The number of likely N-dealkylation sites (N-methyl/N-ethyl adjacent to an activating group) is 1. The average Bonchev–Trinajstić information content (AvgIpc) is 3.30. The number of rotatable bonds is 8. The lowest BCUT2D eigenvalue weighted by molar-refractivity contribution is 0.0889. The molecule has 1 aliphatic heterocycles. The Hall–Kier alpha value is -3.26. The lowest BCUT2D eigenvalue weighted by Crippen LogP contribution is -2.57. The van der Waals surface area contributed by atoms with E-state index in [1.807, 2.05) is 24.3 Å². The second-order valence-corrected chi connectivity index (χ2v) is 9.06. The highest BCUT2D eigenvalue weighted by molar-refractivity contribution is 5.91. The molecule has 0 atom stereocenters. The zero-order valence-electron chi connectivity index (χ0n) is 19.9. The van der Waals surface area contributed by atoms with Crippen LogP contribution in [0.5, 0.6) is 5.75 Å². The number of hydrogen-bond acceptors (Lipinski definition) is 5. The van der Waals surface area contributed by atoms with Crippen LogP contribution in [0, 0.1) is 6.92 Å². The average molecular weight is 459 g/mol. The van der Waals surface area contributed by atoms with Crippen molar-refractivity contribution in [3.63, 3.8) is 0 Å². The summed E-state index contributed by atoms with van der Waals surface area (Å²) in [5.74, 6) is 1.96. The molecule has 7 nitrogen and oxygen atoms in total. The highest BCUT2D eigenvalue weighted by Crippen LogP contribution is 2.39. The van der Waals surface area contributed by atoms with E-state index in [4.69, 9.17) is 9.47 Å². The number of ether oxygens (including phenoxy) is 2. The maximum atomic E-state index is 5.94. The summed E-state index contributed by atoms with van der Waals surface area (Å²) in [6, 6.07) is 19.0. The number of piperazine rings is 1. The van der Waals surface area contributed by atoms with Gasteiger partial charge in [0.2, 0.25) is 5.82 Å². The molecule has 0 amide bonds. The summed E-state index contributed by atoms with van der Waals surface area (Å²) >= 11 is 0. The fourth-order valence-corrected chi connectivity index (χ4v) is 4.63. The highest BCUT2D eigenvalue weighted by Gasteiger charge is 2.39. The predicted octanol–water partition coefficient (Wildman–Crippen LogP) is 4.45. The van der Waals surface area contributed by atoms with Crippen molar-refractivity contribution in [2.45, 2.75) is 13.5 Å². The summed E-state index contributed by atoms with van der Waals surface area (Å²) in [5.41, 5.74) is 4.61. The van der Waals surface area contributed by atoms with Gasteiger partial charge in [0.15, 0.2) is 0 Å². The predicted molar refractivity (Wildman–Crippen MR) is 135 cm³/mol. The van der Waals surface area contributed by atoms with Crippen molar-refractivity contribution in [2.75, 3.05) is 46.4 Å². The topological polar surface area (TPSA) is 63.3 Å². The van der Waals surface area contributed by atoms with E-state index in [0.717, 1.165) is 58.7 Å². The molecule has 1 N–H and O–H groups in total. The molecular formula is C27H32N5O2+. The maximum absolute atomic E-state index is 5.94. The number of quaternary nitrogens is 1. The summed E-state index contributed by atoms with van der Waals surface area (Å²) in [5, 5.41) is 9.21. The van der Waals surface area contributed by atoms with Gasteiger partial charge in [0.25, 0.3) is 0 Å². The van der Waals surface area contributed by atoms with Crippen LogP contribution in [0.2, 0.25) is 0 Å². The van der Waals surface area contributed by atoms with Gasteiger partial charge in [0.1, 0.15) is 36.6 Å². The van der Waals surface area contributed by atoms with E-state index in [0.29, 0.717) is 19.8 Å². The van der Waals surface area contributed by atoms with Crippen LogP contribution in [0.4, 0.5) is 11.5 Å². The monoisotopic (exact) mass is 458 g/mol. The van der Waals surface area contributed by atoms with Crippen LogP contribution < -0.4 is 9.22 Å². The molecule has 0 aliphatic carbocycles. The molecule has 2 aromatic heterocycles. The Morgan fingerprint density at radius 1 is 0.971 bits per heavy atom. The minimum atomic E-state index is 0.490.